The molecule has 2 aromatic rings. The summed E-state index contributed by atoms with van der Waals surface area (Å²) in [5, 5.41) is 0. The normalized spacial score (nSPS) is 17.6. The van der Waals surface area contributed by atoms with Crippen LogP contribution < -0.4 is 0 Å². The lowest BCUT2D eigenvalue weighted by Crippen LogP contribution is -2.33. The fourth-order valence-electron chi connectivity index (χ4n) is 2.76. The van der Waals surface area contributed by atoms with Gasteiger partial charge in [-0.3, -0.25) is 14.4 Å². The van der Waals surface area contributed by atoms with E-state index < -0.39 is 23.4 Å². The molecule has 7 heteroatoms. The zero-order valence-corrected chi connectivity index (χ0v) is 13.9. The molecule has 0 N–H and O–H groups in total. The second-order valence-corrected chi connectivity index (χ2v) is 6.28. The summed E-state index contributed by atoms with van der Waals surface area (Å²) in [6.45, 7) is 3.61. The molecule has 0 aliphatic carbocycles. The van der Waals surface area contributed by atoms with E-state index in [2.05, 4.69) is 4.98 Å². The Kier molecular flexibility index (Phi) is 4.48. The molecule has 1 aromatic heterocycles. The molecule has 0 radical (unpaired) electrons. The number of benzene rings is 1. The molecule has 0 saturated carbocycles. The van der Waals surface area contributed by atoms with E-state index in [1.54, 1.807) is 26.0 Å². The Bertz CT molecular complexity index is 826. The van der Waals surface area contributed by atoms with Crippen LogP contribution in [0, 0.1) is 11.7 Å². The molecule has 1 aliphatic rings. The Balaban J connectivity index is 1.73. The summed E-state index contributed by atoms with van der Waals surface area (Å²) in [4.78, 5) is 41.9. The number of aromatic nitrogens is 1. The molecular weight excluding hydrogens is 327 g/mol. The van der Waals surface area contributed by atoms with Crippen LogP contribution in [0.3, 0.4) is 0 Å². The molecule has 25 heavy (non-hydrogen) atoms. The van der Waals surface area contributed by atoms with Crippen LogP contribution in [0.5, 0.6) is 0 Å². The fraction of sp³-hybridized carbons (Fsp3) is 0.333. The zero-order chi connectivity index (χ0) is 18.1. The number of nitrogens with zero attached hydrogens (tertiary/aromatic N) is 2. The van der Waals surface area contributed by atoms with Gasteiger partial charge >= 0.3 is 0 Å². The third-order valence-corrected chi connectivity index (χ3v) is 4.17. The molecule has 1 unspecified atom stereocenters. The van der Waals surface area contributed by atoms with E-state index in [0.29, 0.717) is 12.1 Å². The number of Topliss-reactive ketones (excluding diaryl/α,β-unsaturated/α-hetero) is 2. The van der Waals surface area contributed by atoms with Crippen LogP contribution in [0.25, 0.3) is 0 Å². The summed E-state index contributed by atoms with van der Waals surface area (Å²) in [6.07, 6.45) is 1.70. The summed E-state index contributed by atoms with van der Waals surface area (Å²) >= 11 is 0. The van der Waals surface area contributed by atoms with Crippen molar-refractivity contribution in [1.82, 2.24) is 9.88 Å². The monoisotopic (exact) mass is 344 g/mol. The van der Waals surface area contributed by atoms with Gasteiger partial charge in [-0.25, -0.2) is 9.37 Å². The van der Waals surface area contributed by atoms with Crippen molar-refractivity contribution in [3.63, 3.8) is 0 Å². The van der Waals surface area contributed by atoms with Crippen molar-refractivity contribution in [2.45, 2.75) is 26.3 Å². The number of hydrogen-bond donors (Lipinski definition) is 0. The molecule has 3 rings (SSSR count). The molecule has 1 aliphatic heterocycles. The van der Waals surface area contributed by atoms with Gasteiger partial charge in [0.25, 0.3) is 11.8 Å². The van der Waals surface area contributed by atoms with Gasteiger partial charge < -0.3 is 9.32 Å². The van der Waals surface area contributed by atoms with E-state index >= 15 is 0 Å². The van der Waals surface area contributed by atoms with E-state index in [4.69, 9.17) is 4.42 Å². The lowest BCUT2D eigenvalue weighted by atomic mass is 10.0. The van der Waals surface area contributed by atoms with Gasteiger partial charge in [-0.2, -0.15) is 0 Å². The predicted molar refractivity (Wildman–Crippen MR) is 85.4 cm³/mol. The Hall–Kier alpha value is -2.83. The summed E-state index contributed by atoms with van der Waals surface area (Å²) < 4.78 is 18.1. The van der Waals surface area contributed by atoms with E-state index in [0.717, 1.165) is 5.56 Å². The number of rotatable bonds is 5. The van der Waals surface area contributed by atoms with Crippen molar-refractivity contribution in [3.8, 4) is 0 Å². The third-order valence-electron chi connectivity index (χ3n) is 4.17. The SMILES string of the molecule is CC(C)N1CC(C(=O)c2nc(Cc3ccc(F)cc3)co2)C(=O)C1=O. The first-order valence-electron chi connectivity index (χ1n) is 7.94. The standard InChI is InChI=1S/C18H17FN2O4/c1-10(2)21-8-14(16(23)18(21)24)15(22)17-20-13(9-25-17)7-11-3-5-12(19)6-4-11/h3-6,9-10,14H,7-8H2,1-2H3. The van der Waals surface area contributed by atoms with Crippen molar-refractivity contribution in [2.24, 2.45) is 5.92 Å². The van der Waals surface area contributed by atoms with Crippen LogP contribution in [-0.4, -0.2) is 39.9 Å². The van der Waals surface area contributed by atoms with E-state index in [-0.39, 0.29) is 24.3 Å². The second-order valence-electron chi connectivity index (χ2n) is 6.28. The van der Waals surface area contributed by atoms with Gasteiger partial charge in [0.05, 0.1) is 5.69 Å². The average molecular weight is 344 g/mol. The number of ketones is 2. The van der Waals surface area contributed by atoms with Crippen molar-refractivity contribution < 1.29 is 23.2 Å². The van der Waals surface area contributed by atoms with Gasteiger partial charge in [0.15, 0.2) is 0 Å². The van der Waals surface area contributed by atoms with Crippen LogP contribution in [0.2, 0.25) is 0 Å². The minimum atomic E-state index is -1.08. The molecule has 6 nitrogen and oxygen atoms in total. The van der Waals surface area contributed by atoms with Gasteiger partial charge in [0.1, 0.15) is 18.0 Å². The van der Waals surface area contributed by atoms with E-state index in [9.17, 15) is 18.8 Å². The zero-order valence-electron chi connectivity index (χ0n) is 13.9. The molecule has 1 fully saturated rings. The minimum absolute atomic E-state index is 0.0455. The number of hydrogen-bond acceptors (Lipinski definition) is 5. The lowest BCUT2D eigenvalue weighted by Gasteiger charge is -2.19. The quantitative estimate of drug-likeness (QED) is 0.471. The van der Waals surface area contributed by atoms with Gasteiger partial charge in [-0.05, 0) is 31.5 Å². The van der Waals surface area contributed by atoms with E-state index in [1.165, 1.54) is 23.3 Å². The van der Waals surface area contributed by atoms with Gasteiger partial charge in [-0.1, -0.05) is 12.1 Å². The molecular formula is C18H17FN2O4. The molecule has 2 heterocycles. The maximum atomic E-state index is 12.9. The van der Waals surface area contributed by atoms with Gasteiger partial charge in [0, 0.05) is 19.0 Å². The maximum absolute atomic E-state index is 12.9. The number of carbonyl (C=O) groups is 3. The number of likely N-dealkylation sites (tertiary alicyclic amines) is 1. The largest absolute Gasteiger partial charge is 0.442 e. The Morgan fingerprint density at radius 2 is 2.00 bits per heavy atom. The van der Waals surface area contributed by atoms with E-state index in [1.807, 2.05) is 0 Å². The maximum Gasteiger partial charge on any atom is 0.291 e. The van der Waals surface area contributed by atoms with Crippen LogP contribution >= 0.6 is 0 Å². The summed E-state index contributed by atoms with van der Waals surface area (Å²) in [7, 11) is 0. The highest BCUT2D eigenvalue weighted by atomic mass is 19.1. The van der Waals surface area contributed by atoms with Crippen molar-refractivity contribution in [2.75, 3.05) is 6.54 Å². The minimum Gasteiger partial charge on any atom is -0.442 e. The average Bonchev–Trinajstić information content (AvgIpc) is 3.15. The first-order chi connectivity index (χ1) is 11.9. The number of carbonyl (C=O) groups excluding carboxylic acids is 3. The second kappa shape index (κ2) is 6.58. The smallest absolute Gasteiger partial charge is 0.291 e. The third kappa shape index (κ3) is 3.35. The molecule has 130 valence electrons. The molecule has 1 atom stereocenters. The van der Waals surface area contributed by atoms with Gasteiger partial charge in [0.2, 0.25) is 11.6 Å². The number of halogens is 1. The number of amides is 1. The van der Waals surface area contributed by atoms with Crippen LogP contribution in [0.1, 0.15) is 35.8 Å². The van der Waals surface area contributed by atoms with Crippen molar-refractivity contribution in [3.05, 3.63) is 53.5 Å². The van der Waals surface area contributed by atoms with Crippen LogP contribution in [0.4, 0.5) is 4.39 Å². The van der Waals surface area contributed by atoms with Crippen molar-refractivity contribution >= 4 is 17.5 Å². The first-order valence-corrected chi connectivity index (χ1v) is 7.94. The summed E-state index contributed by atoms with van der Waals surface area (Å²) in [6, 6.07) is 5.75. The highest BCUT2D eigenvalue weighted by Crippen LogP contribution is 2.21. The molecule has 1 amide bonds. The number of oxazole rings is 1. The Morgan fingerprint density at radius 1 is 1.32 bits per heavy atom. The lowest BCUT2D eigenvalue weighted by molar-refractivity contribution is -0.141. The summed E-state index contributed by atoms with van der Waals surface area (Å²) in [5.41, 5.74) is 1.30. The molecule has 1 aromatic carbocycles. The first kappa shape index (κ1) is 17.0. The highest BCUT2D eigenvalue weighted by Gasteiger charge is 2.45. The molecule has 1 saturated heterocycles. The molecule has 0 bridgehead atoms. The van der Waals surface area contributed by atoms with Gasteiger partial charge in [-0.15, -0.1) is 0 Å². The highest BCUT2D eigenvalue weighted by molar-refractivity contribution is 6.43. The Morgan fingerprint density at radius 3 is 2.60 bits per heavy atom. The van der Waals surface area contributed by atoms with Crippen molar-refractivity contribution in [1.29, 1.82) is 0 Å². The van der Waals surface area contributed by atoms with Crippen LogP contribution in [-0.2, 0) is 16.0 Å². The topological polar surface area (TPSA) is 80.5 Å². The Labute approximate surface area is 143 Å². The summed E-state index contributed by atoms with van der Waals surface area (Å²) in [5.74, 6) is -3.56. The van der Waals surface area contributed by atoms with Crippen LogP contribution in [0.15, 0.2) is 34.9 Å². The fourth-order valence-corrected chi connectivity index (χ4v) is 2.76. The molecule has 0 spiro atoms. The predicted octanol–water partition coefficient (Wildman–Crippen LogP) is 2.02.